The summed E-state index contributed by atoms with van der Waals surface area (Å²) in [6.45, 7) is 5.31. The fraction of sp³-hybridized carbons (Fsp3) is 0.429. The summed E-state index contributed by atoms with van der Waals surface area (Å²) in [7, 11) is 1.72. The number of imidazole rings is 1. The van der Waals surface area contributed by atoms with Crippen LogP contribution in [0.1, 0.15) is 19.5 Å². The lowest BCUT2D eigenvalue weighted by molar-refractivity contribution is 0.0250. The summed E-state index contributed by atoms with van der Waals surface area (Å²) >= 11 is 1.38. The molecule has 0 radical (unpaired) electrons. The van der Waals surface area contributed by atoms with Gasteiger partial charge in [-0.2, -0.15) is 0 Å². The van der Waals surface area contributed by atoms with Crippen molar-refractivity contribution < 1.29 is 4.74 Å². The zero-order valence-corrected chi connectivity index (χ0v) is 13.2. The quantitative estimate of drug-likeness (QED) is 0.938. The molecule has 2 N–H and O–H groups in total. The monoisotopic (exact) mass is 305 g/mol. The van der Waals surface area contributed by atoms with Crippen LogP contribution in [0, 0.1) is 5.92 Å². The summed E-state index contributed by atoms with van der Waals surface area (Å²) in [5.74, 6) is 0.548. The molecule has 0 saturated carbocycles. The predicted molar refractivity (Wildman–Crippen MR) is 84.7 cm³/mol. The molecule has 1 aliphatic rings. The van der Waals surface area contributed by atoms with Gasteiger partial charge in [0.15, 0.2) is 0 Å². The van der Waals surface area contributed by atoms with Crippen molar-refractivity contribution in [2.45, 2.75) is 20.1 Å². The lowest BCUT2D eigenvalue weighted by atomic mass is 10.1. The van der Waals surface area contributed by atoms with Gasteiger partial charge in [-0.05, 0) is 12.0 Å². The summed E-state index contributed by atoms with van der Waals surface area (Å²) in [5, 5.41) is 4.82. The second kappa shape index (κ2) is 5.50. The lowest BCUT2D eigenvalue weighted by Gasteiger charge is -2.32. The van der Waals surface area contributed by atoms with E-state index in [-0.39, 0.29) is 6.23 Å². The van der Waals surface area contributed by atoms with Gasteiger partial charge in [0.1, 0.15) is 6.23 Å². The first-order valence-electron chi connectivity index (χ1n) is 6.87. The highest BCUT2D eigenvalue weighted by Gasteiger charge is 2.20. The average molecular weight is 305 g/mol. The van der Waals surface area contributed by atoms with E-state index < -0.39 is 0 Å². The fourth-order valence-electron chi connectivity index (χ4n) is 2.44. The van der Waals surface area contributed by atoms with Crippen molar-refractivity contribution in [1.82, 2.24) is 19.5 Å². The molecular formula is C14H19N5OS. The van der Waals surface area contributed by atoms with Crippen molar-refractivity contribution in [2.75, 3.05) is 19.4 Å². The molecule has 2 aromatic heterocycles. The molecule has 1 aliphatic heterocycles. The number of fused-ring (bicyclic) bond motifs is 1. The third kappa shape index (κ3) is 2.66. The molecule has 1 unspecified atom stereocenters. The molecule has 6 nitrogen and oxygen atoms in total. The maximum Gasteiger partial charge on any atom is 0.214 e. The first kappa shape index (κ1) is 14.1. The highest BCUT2D eigenvalue weighted by molar-refractivity contribution is 7.20. The number of methoxy groups -OCH3 is 1. The van der Waals surface area contributed by atoms with Crippen molar-refractivity contribution in [3.63, 3.8) is 0 Å². The van der Waals surface area contributed by atoms with Crippen LogP contribution in [0.2, 0.25) is 0 Å². The molecule has 112 valence electrons. The topological polar surface area (TPSA) is 68.7 Å². The Bertz CT molecular complexity index is 699. The lowest BCUT2D eigenvalue weighted by Crippen LogP contribution is -2.35. The summed E-state index contributed by atoms with van der Waals surface area (Å²) in [6, 6.07) is 0. The van der Waals surface area contributed by atoms with Crippen molar-refractivity contribution in [3.8, 4) is 0 Å². The molecule has 21 heavy (non-hydrogen) atoms. The van der Waals surface area contributed by atoms with Crippen molar-refractivity contribution in [3.05, 3.63) is 30.2 Å². The zero-order valence-electron chi connectivity index (χ0n) is 12.4. The number of hydrogen-bond donors (Lipinski definition) is 1. The van der Waals surface area contributed by atoms with Crippen molar-refractivity contribution in [1.29, 1.82) is 0 Å². The number of aromatic nitrogens is 3. The van der Waals surface area contributed by atoms with Crippen molar-refractivity contribution >= 4 is 27.0 Å². The molecule has 0 amide bonds. The van der Waals surface area contributed by atoms with Crippen LogP contribution in [0.25, 0.3) is 10.5 Å². The number of rotatable bonds is 4. The highest BCUT2D eigenvalue weighted by Crippen LogP contribution is 2.26. The number of nitrogens with two attached hydrogens (primary N) is 1. The van der Waals surface area contributed by atoms with Gasteiger partial charge in [-0.15, -0.1) is 5.10 Å². The molecule has 0 saturated heterocycles. The Kier molecular flexibility index (Phi) is 3.69. The van der Waals surface area contributed by atoms with Gasteiger partial charge in [-0.1, -0.05) is 31.3 Å². The largest absolute Gasteiger partial charge is 0.374 e. The minimum atomic E-state index is -0.0277. The number of nitrogen functional groups attached to an aromatic ring is 1. The number of anilines is 1. The van der Waals surface area contributed by atoms with Gasteiger partial charge in [0.05, 0.1) is 11.9 Å². The van der Waals surface area contributed by atoms with Crippen LogP contribution in [0.15, 0.2) is 24.5 Å². The SMILES string of the molecule is COC1C=CC(c2cnc3sc(N)nn23)=CN1CC(C)C. The van der Waals surface area contributed by atoms with Crippen molar-refractivity contribution in [2.24, 2.45) is 5.92 Å². The average Bonchev–Trinajstić information content (AvgIpc) is 2.96. The van der Waals surface area contributed by atoms with Crippen LogP contribution in [0.4, 0.5) is 5.13 Å². The molecule has 0 aromatic carbocycles. The Hall–Kier alpha value is -1.86. The van der Waals surface area contributed by atoms with Gasteiger partial charge in [0.25, 0.3) is 0 Å². The van der Waals surface area contributed by atoms with E-state index in [4.69, 9.17) is 10.5 Å². The molecule has 2 aromatic rings. The van der Waals surface area contributed by atoms with Gasteiger partial charge in [-0.3, -0.25) is 0 Å². The second-order valence-electron chi connectivity index (χ2n) is 5.44. The Morgan fingerprint density at radius 2 is 2.29 bits per heavy atom. The van der Waals surface area contributed by atoms with E-state index in [0.717, 1.165) is 22.8 Å². The smallest absolute Gasteiger partial charge is 0.214 e. The second-order valence-corrected chi connectivity index (χ2v) is 6.43. The van der Waals surface area contributed by atoms with Crippen LogP contribution in [-0.4, -0.2) is 39.4 Å². The maximum atomic E-state index is 5.75. The van der Waals surface area contributed by atoms with E-state index in [1.54, 1.807) is 11.6 Å². The van der Waals surface area contributed by atoms with E-state index in [0.29, 0.717) is 11.0 Å². The predicted octanol–water partition coefficient (Wildman–Crippen LogP) is 2.21. The number of ether oxygens (including phenoxy) is 1. The van der Waals surface area contributed by atoms with E-state index >= 15 is 0 Å². The molecule has 7 heteroatoms. The van der Waals surface area contributed by atoms with E-state index in [9.17, 15) is 0 Å². The Labute approximate surface area is 127 Å². The molecule has 3 rings (SSSR count). The van der Waals surface area contributed by atoms with Crippen LogP contribution in [-0.2, 0) is 4.74 Å². The molecular weight excluding hydrogens is 286 g/mol. The van der Waals surface area contributed by atoms with Crippen LogP contribution < -0.4 is 5.73 Å². The summed E-state index contributed by atoms with van der Waals surface area (Å²) < 4.78 is 7.29. The molecule has 3 heterocycles. The Balaban J connectivity index is 1.97. The summed E-state index contributed by atoms with van der Waals surface area (Å²) in [6.07, 6.45) is 8.00. The summed E-state index contributed by atoms with van der Waals surface area (Å²) in [4.78, 5) is 7.35. The van der Waals surface area contributed by atoms with E-state index in [2.05, 4.69) is 35.0 Å². The molecule has 0 aliphatic carbocycles. The summed E-state index contributed by atoms with van der Waals surface area (Å²) in [5.41, 5.74) is 7.75. The van der Waals surface area contributed by atoms with Crippen LogP contribution in [0.3, 0.4) is 0 Å². The van der Waals surface area contributed by atoms with Gasteiger partial charge in [0, 0.05) is 25.4 Å². The molecule has 0 bridgehead atoms. The minimum absolute atomic E-state index is 0.0277. The first-order valence-corrected chi connectivity index (χ1v) is 7.69. The van der Waals surface area contributed by atoms with Crippen LogP contribution >= 0.6 is 11.3 Å². The zero-order chi connectivity index (χ0) is 15.0. The van der Waals surface area contributed by atoms with Gasteiger partial charge in [0.2, 0.25) is 10.1 Å². The minimum Gasteiger partial charge on any atom is -0.374 e. The number of nitrogens with zero attached hydrogens (tertiary/aromatic N) is 4. The third-order valence-electron chi connectivity index (χ3n) is 3.29. The molecule has 1 atom stereocenters. The highest BCUT2D eigenvalue weighted by atomic mass is 32.1. The molecule has 0 fully saturated rings. The third-order valence-corrected chi connectivity index (χ3v) is 4.04. The molecule has 0 spiro atoms. The van der Waals surface area contributed by atoms with Gasteiger partial charge in [-0.25, -0.2) is 9.50 Å². The normalized spacial score (nSPS) is 18.8. The standard InChI is InChI=1S/C14H19N5OS/c1-9(2)7-18-8-10(4-5-12(18)20-3)11-6-16-14-19(11)17-13(15)21-14/h4-6,8-9,12H,7H2,1-3H3,(H2,15,17). The first-order chi connectivity index (χ1) is 10.1. The van der Waals surface area contributed by atoms with E-state index in [1.165, 1.54) is 11.3 Å². The van der Waals surface area contributed by atoms with Crippen LogP contribution in [0.5, 0.6) is 0 Å². The Morgan fingerprint density at radius 1 is 1.48 bits per heavy atom. The van der Waals surface area contributed by atoms with E-state index in [1.807, 2.05) is 18.3 Å². The van der Waals surface area contributed by atoms with Gasteiger partial charge >= 0.3 is 0 Å². The maximum absolute atomic E-state index is 5.75. The Morgan fingerprint density at radius 3 is 3.00 bits per heavy atom. The number of hydrogen-bond acceptors (Lipinski definition) is 6. The van der Waals surface area contributed by atoms with Gasteiger partial charge < -0.3 is 15.4 Å². The number of allylic oxidation sites excluding steroid dienone is 2. The fourth-order valence-corrected chi connectivity index (χ4v) is 3.08.